The van der Waals surface area contributed by atoms with Crippen LogP contribution in [0.2, 0.25) is 0 Å². The number of alkyl halides is 3. The predicted octanol–water partition coefficient (Wildman–Crippen LogP) is 5.05. The number of anilines is 1. The average Bonchev–Trinajstić information content (AvgIpc) is 3.18. The summed E-state index contributed by atoms with van der Waals surface area (Å²) in [6.45, 7) is 5.89. The number of hydrogen-bond donors (Lipinski definition) is 2. The number of thiazole rings is 1. The fourth-order valence-corrected chi connectivity index (χ4v) is 4.15. The lowest BCUT2D eigenvalue weighted by Gasteiger charge is -2.12. The van der Waals surface area contributed by atoms with Gasteiger partial charge >= 0.3 is 18.0 Å². The molecule has 2 aromatic carbocycles. The summed E-state index contributed by atoms with van der Waals surface area (Å²) >= 11 is 1.30. The Kier molecular flexibility index (Phi) is 6.98. The molecule has 0 fully saturated rings. The first-order chi connectivity index (χ1) is 15.0. The van der Waals surface area contributed by atoms with Crippen molar-refractivity contribution in [1.29, 1.82) is 0 Å². The molecule has 0 aliphatic carbocycles. The normalized spacial score (nSPS) is 11.3. The van der Waals surface area contributed by atoms with E-state index >= 15 is 0 Å². The molecule has 168 valence electrons. The van der Waals surface area contributed by atoms with E-state index in [0.29, 0.717) is 28.4 Å². The van der Waals surface area contributed by atoms with Gasteiger partial charge in [0, 0.05) is 29.6 Å². The van der Waals surface area contributed by atoms with Crippen LogP contribution in [-0.4, -0.2) is 23.3 Å². The lowest BCUT2D eigenvalue weighted by molar-refractivity contribution is -0.137. The topological polar surface area (TPSA) is 71.1 Å². The van der Waals surface area contributed by atoms with E-state index in [9.17, 15) is 22.8 Å². The highest BCUT2D eigenvalue weighted by Gasteiger charge is 2.30. The number of nitrogens with one attached hydrogen (secondary N) is 2. The van der Waals surface area contributed by atoms with Crippen LogP contribution in [0.3, 0.4) is 0 Å². The smallest absolute Gasteiger partial charge is 0.347 e. The third-order valence-corrected chi connectivity index (χ3v) is 5.74. The number of aryl methyl sites for hydroxylation is 3. The summed E-state index contributed by atoms with van der Waals surface area (Å²) in [4.78, 5) is 28.7. The van der Waals surface area contributed by atoms with E-state index in [2.05, 4.69) is 15.6 Å². The molecule has 1 aromatic heterocycles. The first-order valence-corrected chi connectivity index (χ1v) is 10.7. The summed E-state index contributed by atoms with van der Waals surface area (Å²) in [6.07, 6.45) is -3.99. The highest BCUT2D eigenvalue weighted by atomic mass is 32.1. The van der Waals surface area contributed by atoms with E-state index in [-0.39, 0.29) is 6.54 Å². The predicted molar refractivity (Wildman–Crippen MR) is 119 cm³/mol. The molecule has 0 unspecified atom stereocenters. The fraction of sp³-hybridized carbons (Fsp3) is 0.261. The molecule has 3 rings (SSSR count). The molecule has 2 amide bonds. The van der Waals surface area contributed by atoms with E-state index in [1.807, 2.05) is 32.9 Å². The minimum atomic E-state index is -4.38. The second-order valence-corrected chi connectivity index (χ2v) is 8.31. The van der Waals surface area contributed by atoms with Crippen LogP contribution in [0.25, 0.3) is 10.6 Å². The maximum absolute atomic E-state index is 12.7. The Morgan fingerprint density at radius 1 is 1.00 bits per heavy atom. The van der Waals surface area contributed by atoms with Crippen molar-refractivity contribution in [3.8, 4) is 10.6 Å². The van der Waals surface area contributed by atoms with Crippen LogP contribution in [0.15, 0.2) is 41.8 Å². The van der Waals surface area contributed by atoms with E-state index in [1.165, 1.54) is 23.5 Å². The van der Waals surface area contributed by atoms with Crippen LogP contribution in [-0.2, 0) is 22.2 Å². The Bertz CT molecular complexity index is 1120. The van der Waals surface area contributed by atoms with E-state index in [0.717, 1.165) is 28.8 Å². The first kappa shape index (κ1) is 23.5. The van der Waals surface area contributed by atoms with E-state index < -0.39 is 23.6 Å². The lowest BCUT2D eigenvalue weighted by Crippen LogP contribution is -2.36. The molecule has 0 bridgehead atoms. The molecule has 9 heteroatoms. The van der Waals surface area contributed by atoms with E-state index in [4.69, 9.17) is 0 Å². The number of carbonyl (C=O) groups is 2. The molecule has 32 heavy (non-hydrogen) atoms. The number of rotatable bonds is 5. The highest BCUT2D eigenvalue weighted by Crippen LogP contribution is 2.31. The van der Waals surface area contributed by atoms with Gasteiger partial charge in [0.15, 0.2) is 0 Å². The Balaban J connectivity index is 1.53. The summed E-state index contributed by atoms with van der Waals surface area (Å²) in [5, 5.41) is 7.58. The van der Waals surface area contributed by atoms with Gasteiger partial charge in [0.1, 0.15) is 5.01 Å². The number of benzene rings is 2. The number of halogens is 3. The maximum Gasteiger partial charge on any atom is 0.416 e. The van der Waals surface area contributed by atoms with Crippen LogP contribution < -0.4 is 10.6 Å². The second-order valence-electron chi connectivity index (χ2n) is 7.45. The van der Waals surface area contributed by atoms with Crippen molar-refractivity contribution in [3.63, 3.8) is 0 Å². The molecule has 2 N–H and O–H groups in total. The van der Waals surface area contributed by atoms with Crippen LogP contribution >= 0.6 is 11.3 Å². The number of hydrogen-bond acceptors (Lipinski definition) is 4. The van der Waals surface area contributed by atoms with Gasteiger partial charge < -0.3 is 10.6 Å². The minimum Gasteiger partial charge on any atom is -0.347 e. The summed E-state index contributed by atoms with van der Waals surface area (Å²) in [5.74, 6) is -1.49. The van der Waals surface area contributed by atoms with Crippen molar-refractivity contribution in [3.05, 3.63) is 69.7 Å². The van der Waals surface area contributed by atoms with Gasteiger partial charge in [-0.3, -0.25) is 9.59 Å². The van der Waals surface area contributed by atoms with Gasteiger partial charge in [-0.25, -0.2) is 4.98 Å². The number of aromatic nitrogens is 1. The van der Waals surface area contributed by atoms with Gasteiger partial charge in [-0.2, -0.15) is 13.2 Å². The van der Waals surface area contributed by atoms with Crippen LogP contribution in [0, 0.1) is 20.8 Å². The summed E-state index contributed by atoms with van der Waals surface area (Å²) < 4.78 is 38.1. The van der Waals surface area contributed by atoms with Gasteiger partial charge in [0.25, 0.3) is 0 Å². The summed E-state index contributed by atoms with van der Waals surface area (Å²) in [7, 11) is 0. The van der Waals surface area contributed by atoms with Crippen molar-refractivity contribution in [1.82, 2.24) is 10.3 Å². The molecule has 5 nitrogen and oxygen atoms in total. The molecule has 0 aliphatic heterocycles. The third-order valence-electron chi connectivity index (χ3n) is 4.80. The van der Waals surface area contributed by atoms with Crippen molar-refractivity contribution in [2.24, 2.45) is 0 Å². The van der Waals surface area contributed by atoms with Gasteiger partial charge in [0.2, 0.25) is 0 Å². The second kappa shape index (κ2) is 9.52. The highest BCUT2D eigenvalue weighted by molar-refractivity contribution is 7.13. The Morgan fingerprint density at radius 3 is 2.22 bits per heavy atom. The SMILES string of the molecule is Cc1cc(C)c(NC(=O)C(=O)NCCc2csc(-c3ccc(C(F)(F)F)cc3)n2)c(C)c1. The van der Waals surface area contributed by atoms with Gasteiger partial charge in [-0.15, -0.1) is 11.3 Å². The number of carbonyl (C=O) groups excluding carboxylic acids is 2. The molecule has 0 saturated heterocycles. The Morgan fingerprint density at radius 2 is 1.62 bits per heavy atom. The monoisotopic (exact) mass is 461 g/mol. The molecular weight excluding hydrogens is 439 g/mol. The molecule has 0 atom stereocenters. The lowest BCUT2D eigenvalue weighted by atomic mass is 10.1. The molecule has 0 radical (unpaired) electrons. The maximum atomic E-state index is 12.7. The van der Waals surface area contributed by atoms with Crippen molar-refractivity contribution < 1.29 is 22.8 Å². The molecule has 0 spiro atoms. The standard InChI is InChI=1S/C23H22F3N3O2S/c1-13-10-14(2)19(15(3)11-13)29-21(31)20(30)27-9-8-18-12-32-22(28-18)16-4-6-17(7-5-16)23(24,25)26/h4-7,10-12H,8-9H2,1-3H3,(H,27,30)(H,29,31). The van der Waals surface area contributed by atoms with Gasteiger partial charge in [-0.1, -0.05) is 29.8 Å². The zero-order valence-corrected chi connectivity index (χ0v) is 18.6. The van der Waals surface area contributed by atoms with Crippen molar-refractivity contribution >= 4 is 28.8 Å². The fourth-order valence-electron chi connectivity index (χ4n) is 3.29. The van der Waals surface area contributed by atoms with Crippen LogP contribution in [0.1, 0.15) is 27.9 Å². The molecule has 0 saturated carbocycles. The largest absolute Gasteiger partial charge is 0.416 e. The molecule has 0 aliphatic rings. The summed E-state index contributed by atoms with van der Waals surface area (Å²) in [5.41, 5.74) is 3.99. The number of nitrogens with zero attached hydrogens (tertiary/aromatic N) is 1. The summed E-state index contributed by atoms with van der Waals surface area (Å²) in [6, 6.07) is 8.66. The quantitative estimate of drug-likeness (QED) is 0.523. The van der Waals surface area contributed by atoms with Gasteiger partial charge in [-0.05, 0) is 44.0 Å². The Labute approximate surface area is 187 Å². The first-order valence-electron chi connectivity index (χ1n) is 9.83. The zero-order chi connectivity index (χ0) is 23.5. The molecular formula is C23H22F3N3O2S. The molecule has 3 aromatic rings. The average molecular weight is 462 g/mol. The zero-order valence-electron chi connectivity index (χ0n) is 17.8. The van der Waals surface area contributed by atoms with E-state index in [1.54, 1.807) is 5.38 Å². The van der Waals surface area contributed by atoms with Crippen molar-refractivity contribution in [2.75, 3.05) is 11.9 Å². The number of amides is 2. The Hall–Kier alpha value is -3.20. The van der Waals surface area contributed by atoms with Crippen molar-refractivity contribution in [2.45, 2.75) is 33.4 Å². The van der Waals surface area contributed by atoms with Crippen LogP contribution in [0.5, 0.6) is 0 Å². The minimum absolute atomic E-state index is 0.203. The van der Waals surface area contributed by atoms with Gasteiger partial charge in [0.05, 0.1) is 11.3 Å². The van der Waals surface area contributed by atoms with Crippen LogP contribution in [0.4, 0.5) is 18.9 Å². The molecule has 1 heterocycles. The third kappa shape index (κ3) is 5.73.